The summed E-state index contributed by atoms with van der Waals surface area (Å²) in [4.78, 5) is 14.4. The highest BCUT2D eigenvalue weighted by molar-refractivity contribution is 5.95. The number of carbonyl (C=O) groups is 1. The van der Waals surface area contributed by atoms with Gasteiger partial charge in [0.1, 0.15) is 0 Å². The van der Waals surface area contributed by atoms with Crippen molar-refractivity contribution in [3.05, 3.63) is 65.7 Å². The van der Waals surface area contributed by atoms with E-state index in [1.165, 1.54) is 5.56 Å². The molecule has 1 amide bonds. The molecule has 0 bridgehead atoms. The second-order valence-corrected chi connectivity index (χ2v) is 6.60. The third-order valence-corrected chi connectivity index (χ3v) is 3.30. The van der Waals surface area contributed by atoms with Crippen molar-refractivity contribution in [1.29, 1.82) is 0 Å². The molecule has 0 atom stereocenters. The molecule has 0 aliphatic heterocycles. The lowest BCUT2D eigenvalue weighted by Gasteiger charge is -2.22. The molecule has 0 saturated heterocycles. The van der Waals surface area contributed by atoms with Crippen molar-refractivity contribution in [1.82, 2.24) is 5.32 Å². The van der Waals surface area contributed by atoms with E-state index in [4.69, 9.17) is 0 Å². The number of anilines is 1. The van der Waals surface area contributed by atoms with E-state index in [0.717, 1.165) is 12.2 Å². The first-order valence-corrected chi connectivity index (χ1v) is 7.53. The first kappa shape index (κ1) is 16.1. The van der Waals surface area contributed by atoms with Crippen LogP contribution in [0.2, 0.25) is 0 Å². The summed E-state index contributed by atoms with van der Waals surface area (Å²) in [6.07, 6.45) is 0. The zero-order valence-electron chi connectivity index (χ0n) is 13.8. The molecule has 2 aromatic carbocycles. The summed E-state index contributed by atoms with van der Waals surface area (Å²) in [6.45, 7) is 6.76. The molecule has 3 heteroatoms. The molecule has 22 heavy (non-hydrogen) atoms. The Morgan fingerprint density at radius 1 is 1.05 bits per heavy atom. The molecule has 0 heterocycles. The van der Waals surface area contributed by atoms with Crippen LogP contribution < -0.4 is 10.2 Å². The van der Waals surface area contributed by atoms with Gasteiger partial charge in [-0.25, -0.2) is 0 Å². The molecule has 116 valence electrons. The van der Waals surface area contributed by atoms with Crippen LogP contribution >= 0.6 is 0 Å². The summed E-state index contributed by atoms with van der Waals surface area (Å²) < 4.78 is 0. The zero-order valence-corrected chi connectivity index (χ0v) is 13.8. The van der Waals surface area contributed by atoms with E-state index in [-0.39, 0.29) is 11.4 Å². The van der Waals surface area contributed by atoms with E-state index in [1.54, 1.807) is 0 Å². The third kappa shape index (κ3) is 4.62. The maximum Gasteiger partial charge on any atom is 0.251 e. The smallest absolute Gasteiger partial charge is 0.251 e. The molecule has 0 saturated carbocycles. The molecular formula is C19H24N2O. The Kier molecular flexibility index (Phi) is 4.86. The Labute approximate surface area is 133 Å². The number of hydrogen-bond acceptors (Lipinski definition) is 2. The molecule has 0 aliphatic rings. The summed E-state index contributed by atoms with van der Waals surface area (Å²) in [5.74, 6) is -0.0394. The molecule has 2 aromatic rings. The number of carbonyl (C=O) groups excluding carboxylic acids is 1. The fourth-order valence-corrected chi connectivity index (χ4v) is 2.25. The second-order valence-electron chi connectivity index (χ2n) is 6.60. The van der Waals surface area contributed by atoms with Gasteiger partial charge in [0, 0.05) is 30.4 Å². The van der Waals surface area contributed by atoms with Crippen LogP contribution in [0.15, 0.2) is 54.6 Å². The molecule has 0 unspecified atom stereocenters. The summed E-state index contributed by atoms with van der Waals surface area (Å²) in [7, 11) is 2.04. The maximum atomic E-state index is 12.3. The number of nitrogens with zero attached hydrogens (tertiary/aromatic N) is 1. The summed E-state index contributed by atoms with van der Waals surface area (Å²) in [5, 5.41) is 2.99. The molecule has 3 nitrogen and oxygen atoms in total. The molecule has 0 fully saturated rings. The van der Waals surface area contributed by atoms with E-state index in [9.17, 15) is 4.79 Å². The number of benzene rings is 2. The predicted molar refractivity (Wildman–Crippen MR) is 92.2 cm³/mol. The van der Waals surface area contributed by atoms with Crippen molar-refractivity contribution in [2.75, 3.05) is 11.9 Å². The van der Waals surface area contributed by atoms with E-state index >= 15 is 0 Å². The summed E-state index contributed by atoms with van der Waals surface area (Å²) >= 11 is 0. The highest BCUT2D eigenvalue weighted by Crippen LogP contribution is 2.18. The van der Waals surface area contributed by atoms with Crippen molar-refractivity contribution in [3.8, 4) is 0 Å². The molecule has 0 aromatic heterocycles. The van der Waals surface area contributed by atoms with Gasteiger partial charge in [-0.15, -0.1) is 0 Å². The molecule has 0 aliphatic carbocycles. The van der Waals surface area contributed by atoms with Crippen LogP contribution in [-0.4, -0.2) is 18.5 Å². The quantitative estimate of drug-likeness (QED) is 0.929. The van der Waals surface area contributed by atoms with E-state index in [2.05, 4.69) is 22.3 Å². The minimum absolute atomic E-state index is 0.0394. The van der Waals surface area contributed by atoms with Gasteiger partial charge in [0.05, 0.1) is 0 Å². The molecule has 0 radical (unpaired) electrons. The maximum absolute atomic E-state index is 12.3. The lowest BCUT2D eigenvalue weighted by Crippen LogP contribution is -2.40. The van der Waals surface area contributed by atoms with E-state index in [1.807, 2.05) is 70.3 Å². The van der Waals surface area contributed by atoms with Crippen LogP contribution in [0.1, 0.15) is 36.7 Å². The molecular weight excluding hydrogens is 272 g/mol. The largest absolute Gasteiger partial charge is 0.370 e. The number of nitrogens with one attached hydrogen (secondary N) is 1. The second kappa shape index (κ2) is 6.65. The highest BCUT2D eigenvalue weighted by atomic mass is 16.1. The minimum Gasteiger partial charge on any atom is -0.370 e. The van der Waals surface area contributed by atoms with Gasteiger partial charge in [0.25, 0.3) is 5.91 Å². The number of amides is 1. The average molecular weight is 296 g/mol. The van der Waals surface area contributed by atoms with Crippen molar-refractivity contribution < 1.29 is 4.79 Å². The Balaban J connectivity index is 2.12. The Morgan fingerprint density at radius 3 is 2.36 bits per heavy atom. The summed E-state index contributed by atoms with van der Waals surface area (Å²) in [5.41, 5.74) is 2.73. The fourth-order valence-electron chi connectivity index (χ4n) is 2.25. The van der Waals surface area contributed by atoms with Crippen LogP contribution in [0.25, 0.3) is 0 Å². The minimum atomic E-state index is -0.233. The first-order chi connectivity index (χ1) is 10.3. The van der Waals surface area contributed by atoms with Crippen LogP contribution in [-0.2, 0) is 6.54 Å². The zero-order chi connectivity index (χ0) is 16.2. The molecule has 0 spiro atoms. The van der Waals surface area contributed by atoms with Gasteiger partial charge < -0.3 is 10.2 Å². The Bertz CT molecular complexity index is 629. The van der Waals surface area contributed by atoms with Gasteiger partial charge in [-0.05, 0) is 44.5 Å². The lowest BCUT2D eigenvalue weighted by molar-refractivity contribution is 0.0919. The predicted octanol–water partition coefficient (Wildman–Crippen LogP) is 3.85. The third-order valence-electron chi connectivity index (χ3n) is 3.30. The van der Waals surface area contributed by atoms with Gasteiger partial charge in [-0.3, -0.25) is 4.79 Å². The summed E-state index contributed by atoms with van der Waals surface area (Å²) in [6, 6.07) is 18.0. The van der Waals surface area contributed by atoms with Gasteiger partial charge in [0.15, 0.2) is 0 Å². The van der Waals surface area contributed by atoms with Crippen LogP contribution in [0, 0.1) is 0 Å². The van der Waals surface area contributed by atoms with Crippen molar-refractivity contribution in [2.45, 2.75) is 32.9 Å². The normalized spacial score (nSPS) is 11.1. The fraction of sp³-hybridized carbons (Fsp3) is 0.316. The molecule has 1 N–H and O–H groups in total. The Morgan fingerprint density at radius 2 is 1.73 bits per heavy atom. The first-order valence-electron chi connectivity index (χ1n) is 7.53. The number of rotatable bonds is 4. The van der Waals surface area contributed by atoms with Crippen molar-refractivity contribution in [2.24, 2.45) is 0 Å². The lowest BCUT2D eigenvalue weighted by atomic mass is 10.1. The van der Waals surface area contributed by atoms with Crippen molar-refractivity contribution in [3.63, 3.8) is 0 Å². The van der Waals surface area contributed by atoms with Gasteiger partial charge in [-0.1, -0.05) is 36.4 Å². The topological polar surface area (TPSA) is 32.3 Å². The van der Waals surface area contributed by atoms with Gasteiger partial charge in [-0.2, -0.15) is 0 Å². The van der Waals surface area contributed by atoms with Crippen LogP contribution in [0.5, 0.6) is 0 Å². The SMILES string of the molecule is CN(Cc1ccccc1)c1cccc(C(=O)NC(C)(C)C)c1. The van der Waals surface area contributed by atoms with E-state index in [0.29, 0.717) is 5.56 Å². The monoisotopic (exact) mass is 296 g/mol. The molecule has 2 rings (SSSR count). The van der Waals surface area contributed by atoms with E-state index < -0.39 is 0 Å². The van der Waals surface area contributed by atoms with Gasteiger partial charge >= 0.3 is 0 Å². The van der Waals surface area contributed by atoms with Gasteiger partial charge in [0.2, 0.25) is 0 Å². The van der Waals surface area contributed by atoms with Crippen molar-refractivity contribution >= 4 is 11.6 Å². The highest BCUT2D eigenvalue weighted by Gasteiger charge is 2.15. The average Bonchev–Trinajstić information content (AvgIpc) is 2.46. The van der Waals surface area contributed by atoms with Crippen LogP contribution in [0.4, 0.5) is 5.69 Å². The number of hydrogen-bond donors (Lipinski definition) is 1. The standard InChI is InChI=1S/C19H24N2O/c1-19(2,3)20-18(22)16-11-8-12-17(13-16)21(4)14-15-9-6-5-7-10-15/h5-13H,14H2,1-4H3,(H,20,22). The Hall–Kier alpha value is -2.29. The van der Waals surface area contributed by atoms with Crippen LogP contribution in [0.3, 0.4) is 0 Å².